The van der Waals surface area contributed by atoms with E-state index >= 15 is 0 Å². The highest BCUT2D eigenvalue weighted by molar-refractivity contribution is 5.72. The van der Waals surface area contributed by atoms with Gasteiger partial charge in [0.25, 0.3) is 0 Å². The molecule has 2 heterocycles. The molecule has 0 amide bonds. The van der Waals surface area contributed by atoms with Gasteiger partial charge in [0.15, 0.2) is 5.58 Å². The minimum atomic E-state index is -0.00750. The third kappa shape index (κ3) is 1.93. The smallest absolute Gasteiger partial charge is 0.201 e. The average molecular weight is 244 g/mol. The van der Waals surface area contributed by atoms with Crippen molar-refractivity contribution >= 4 is 11.1 Å². The van der Waals surface area contributed by atoms with Crippen molar-refractivity contribution in [1.29, 1.82) is 0 Å². The Balaban J connectivity index is 1.96. The molecule has 1 aromatic carbocycles. The molecule has 1 saturated heterocycles. The maximum atomic E-state index is 5.95. The van der Waals surface area contributed by atoms with Gasteiger partial charge in [-0.25, -0.2) is 4.98 Å². The number of hydrogen-bond acceptors (Lipinski definition) is 3. The second-order valence-corrected chi connectivity index (χ2v) is 5.75. The number of nitrogens with one attached hydrogen (secondary N) is 1. The Morgan fingerprint density at radius 1 is 1.33 bits per heavy atom. The number of fused-ring (bicyclic) bond motifs is 1. The highest BCUT2D eigenvalue weighted by Gasteiger charge is 2.36. The van der Waals surface area contributed by atoms with Crippen molar-refractivity contribution in [1.82, 2.24) is 10.3 Å². The van der Waals surface area contributed by atoms with E-state index in [0.29, 0.717) is 5.92 Å². The molecule has 0 saturated carbocycles. The molecule has 1 unspecified atom stereocenters. The number of para-hydroxylation sites is 2. The van der Waals surface area contributed by atoms with Crippen molar-refractivity contribution in [2.24, 2.45) is 5.92 Å². The van der Waals surface area contributed by atoms with E-state index in [-0.39, 0.29) is 5.41 Å². The van der Waals surface area contributed by atoms with Gasteiger partial charge < -0.3 is 9.73 Å². The largest absolute Gasteiger partial charge is 0.440 e. The van der Waals surface area contributed by atoms with E-state index < -0.39 is 0 Å². The highest BCUT2D eigenvalue weighted by atomic mass is 16.3. The molecule has 0 spiro atoms. The Bertz CT molecular complexity index is 505. The zero-order valence-corrected chi connectivity index (χ0v) is 11.1. The molecule has 1 aliphatic heterocycles. The number of nitrogens with zero attached hydrogens (tertiary/aromatic N) is 1. The molecular formula is C15H20N2O. The van der Waals surface area contributed by atoms with Gasteiger partial charge in [0.2, 0.25) is 5.89 Å². The average Bonchev–Trinajstić information content (AvgIpc) is 2.84. The molecule has 0 bridgehead atoms. The van der Waals surface area contributed by atoms with E-state index in [2.05, 4.69) is 24.1 Å². The van der Waals surface area contributed by atoms with Crippen LogP contribution < -0.4 is 5.32 Å². The summed E-state index contributed by atoms with van der Waals surface area (Å²) in [7, 11) is 0. The first-order valence-corrected chi connectivity index (χ1v) is 6.75. The van der Waals surface area contributed by atoms with Gasteiger partial charge in [0, 0.05) is 5.41 Å². The van der Waals surface area contributed by atoms with Crippen LogP contribution in [0.25, 0.3) is 11.1 Å². The van der Waals surface area contributed by atoms with Crippen LogP contribution in [0, 0.1) is 5.92 Å². The van der Waals surface area contributed by atoms with Gasteiger partial charge in [-0.15, -0.1) is 0 Å². The lowest BCUT2D eigenvalue weighted by Crippen LogP contribution is -2.40. The second kappa shape index (κ2) is 4.39. The van der Waals surface area contributed by atoms with Gasteiger partial charge in [-0.1, -0.05) is 26.0 Å². The number of hydrogen-bond donors (Lipinski definition) is 1. The zero-order chi connectivity index (χ0) is 12.6. The summed E-state index contributed by atoms with van der Waals surface area (Å²) in [5.41, 5.74) is 1.85. The third-order valence-corrected chi connectivity index (χ3v) is 4.16. The van der Waals surface area contributed by atoms with E-state index in [9.17, 15) is 0 Å². The predicted octanol–water partition coefficient (Wildman–Crippen LogP) is 3.11. The van der Waals surface area contributed by atoms with Crippen molar-refractivity contribution in [3.05, 3.63) is 30.2 Å². The van der Waals surface area contributed by atoms with Crippen LogP contribution in [-0.4, -0.2) is 18.1 Å². The fourth-order valence-electron chi connectivity index (χ4n) is 2.79. The van der Waals surface area contributed by atoms with Crippen LogP contribution in [0.5, 0.6) is 0 Å². The Labute approximate surface area is 108 Å². The third-order valence-electron chi connectivity index (χ3n) is 4.16. The van der Waals surface area contributed by atoms with Crippen molar-refractivity contribution in [3.8, 4) is 0 Å². The summed E-state index contributed by atoms with van der Waals surface area (Å²) >= 11 is 0. The van der Waals surface area contributed by atoms with Gasteiger partial charge in [-0.2, -0.15) is 0 Å². The number of rotatable bonds is 2. The monoisotopic (exact) mass is 244 g/mol. The summed E-state index contributed by atoms with van der Waals surface area (Å²) in [5, 5.41) is 3.48. The minimum Gasteiger partial charge on any atom is -0.440 e. The highest BCUT2D eigenvalue weighted by Crippen LogP contribution is 2.36. The fraction of sp³-hybridized carbons (Fsp3) is 0.533. The lowest BCUT2D eigenvalue weighted by Gasteiger charge is -2.34. The molecule has 1 N–H and O–H groups in total. The van der Waals surface area contributed by atoms with Gasteiger partial charge >= 0.3 is 0 Å². The van der Waals surface area contributed by atoms with Crippen LogP contribution in [0.4, 0.5) is 0 Å². The first kappa shape index (κ1) is 11.7. The standard InChI is InChI=1S/C15H20N2O/c1-15(2,11-6-5-9-16-10-11)14-17-12-7-3-4-8-13(12)18-14/h3-4,7-8,11,16H,5-6,9-10H2,1-2H3. The van der Waals surface area contributed by atoms with E-state index in [1.165, 1.54) is 12.8 Å². The SMILES string of the molecule is CC(C)(c1nc2ccccc2o1)C1CCCNC1. The molecule has 3 heteroatoms. The molecule has 1 atom stereocenters. The number of piperidine rings is 1. The van der Waals surface area contributed by atoms with Gasteiger partial charge in [-0.05, 0) is 44.0 Å². The van der Waals surface area contributed by atoms with Crippen molar-refractivity contribution < 1.29 is 4.42 Å². The molecule has 2 aromatic rings. The summed E-state index contributed by atoms with van der Waals surface area (Å²) in [6.07, 6.45) is 2.49. The Kier molecular flexibility index (Phi) is 2.86. The molecule has 1 fully saturated rings. The van der Waals surface area contributed by atoms with Crippen LogP contribution in [0.2, 0.25) is 0 Å². The van der Waals surface area contributed by atoms with Crippen LogP contribution in [-0.2, 0) is 5.41 Å². The summed E-state index contributed by atoms with van der Waals surface area (Å²) in [5.74, 6) is 1.47. The molecule has 0 aliphatic carbocycles. The van der Waals surface area contributed by atoms with Gasteiger partial charge in [0.05, 0.1) is 0 Å². The van der Waals surface area contributed by atoms with Crippen LogP contribution >= 0.6 is 0 Å². The predicted molar refractivity (Wildman–Crippen MR) is 72.6 cm³/mol. The van der Waals surface area contributed by atoms with Crippen LogP contribution in [0.3, 0.4) is 0 Å². The number of oxazole rings is 1. The zero-order valence-electron chi connectivity index (χ0n) is 11.1. The summed E-state index contributed by atoms with van der Waals surface area (Å²) in [6, 6.07) is 7.99. The lowest BCUT2D eigenvalue weighted by atomic mass is 9.75. The first-order chi connectivity index (χ1) is 8.68. The fourth-order valence-corrected chi connectivity index (χ4v) is 2.79. The van der Waals surface area contributed by atoms with E-state index in [4.69, 9.17) is 4.42 Å². The molecule has 3 nitrogen and oxygen atoms in total. The molecule has 18 heavy (non-hydrogen) atoms. The van der Waals surface area contributed by atoms with E-state index in [1.807, 2.05) is 24.3 Å². The van der Waals surface area contributed by atoms with Gasteiger partial charge in [-0.3, -0.25) is 0 Å². The maximum absolute atomic E-state index is 5.95. The summed E-state index contributed by atoms with van der Waals surface area (Å²) in [4.78, 5) is 4.67. The van der Waals surface area contributed by atoms with Crippen molar-refractivity contribution in [2.75, 3.05) is 13.1 Å². The molecule has 1 aromatic heterocycles. The lowest BCUT2D eigenvalue weighted by molar-refractivity contribution is 0.215. The quantitative estimate of drug-likeness (QED) is 0.882. The summed E-state index contributed by atoms with van der Waals surface area (Å²) in [6.45, 7) is 6.69. The molecular weight excluding hydrogens is 224 g/mol. The maximum Gasteiger partial charge on any atom is 0.201 e. The van der Waals surface area contributed by atoms with E-state index in [1.54, 1.807) is 0 Å². The van der Waals surface area contributed by atoms with Crippen LogP contribution in [0.1, 0.15) is 32.6 Å². The topological polar surface area (TPSA) is 38.1 Å². The van der Waals surface area contributed by atoms with Crippen molar-refractivity contribution in [3.63, 3.8) is 0 Å². The van der Waals surface area contributed by atoms with Crippen LogP contribution in [0.15, 0.2) is 28.7 Å². The summed E-state index contributed by atoms with van der Waals surface area (Å²) < 4.78 is 5.95. The number of aromatic nitrogens is 1. The Morgan fingerprint density at radius 2 is 2.17 bits per heavy atom. The van der Waals surface area contributed by atoms with Gasteiger partial charge in [0.1, 0.15) is 5.52 Å². The van der Waals surface area contributed by atoms with E-state index in [0.717, 1.165) is 30.1 Å². The molecule has 3 rings (SSSR count). The molecule has 96 valence electrons. The number of benzene rings is 1. The first-order valence-electron chi connectivity index (χ1n) is 6.75. The molecule has 0 radical (unpaired) electrons. The Hall–Kier alpha value is -1.35. The molecule has 1 aliphatic rings. The normalized spacial score (nSPS) is 21.3. The van der Waals surface area contributed by atoms with Crippen molar-refractivity contribution in [2.45, 2.75) is 32.1 Å². The second-order valence-electron chi connectivity index (χ2n) is 5.75. The minimum absolute atomic E-state index is 0.00750. The Morgan fingerprint density at radius 3 is 2.89 bits per heavy atom.